The Morgan fingerprint density at radius 3 is 3.00 bits per heavy atom. The summed E-state index contributed by atoms with van der Waals surface area (Å²) in [6.07, 6.45) is 4.52. The van der Waals surface area contributed by atoms with Crippen LogP contribution in [0.15, 0.2) is 0 Å². The first-order valence-corrected chi connectivity index (χ1v) is 5.29. The van der Waals surface area contributed by atoms with E-state index in [1.54, 1.807) is 0 Å². The Balaban J connectivity index is 1.81. The molecule has 1 aliphatic carbocycles. The third-order valence-electron chi connectivity index (χ3n) is 4.12. The predicted molar refractivity (Wildman–Crippen MR) is 49.1 cm³/mol. The van der Waals surface area contributed by atoms with Gasteiger partial charge >= 0.3 is 0 Å². The van der Waals surface area contributed by atoms with Gasteiger partial charge in [0.25, 0.3) is 0 Å². The Hall–Kier alpha value is -0.0800. The lowest BCUT2D eigenvalue weighted by molar-refractivity contribution is 0.0565. The maximum absolute atomic E-state index is 2.79. The molecule has 3 rings (SSSR count). The van der Waals surface area contributed by atoms with Crippen LogP contribution in [0.5, 0.6) is 0 Å². The number of piperazine rings is 1. The molecule has 0 amide bonds. The minimum atomic E-state index is 0.933. The van der Waals surface area contributed by atoms with Crippen molar-refractivity contribution in [2.45, 2.75) is 31.3 Å². The van der Waals surface area contributed by atoms with Crippen LogP contribution in [0.2, 0.25) is 0 Å². The van der Waals surface area contributed by atoms with E-state index >= 15 is 0 Å². The Morgan fingerprint density at radius 2 is 2.08 bits per heavy atom. The number of piperidine rings is 1. The second kappa shape index (κ2) is 2.46. The van der Waals surface area contributed by atoms with Crippen molar-refractivity contribution in [3.63, 3.8) is 0 Å². The highest BCUT2D eigenvalue weighted by Gasteiger charge is 2.46. The summed E-state index contributed by atoms with van der Waals surface area (Å²) in [6.45, 7) is 3.96. The molecule has 12 heavy (non-hydrogen) atoms. The molecule has 2 heterocycles. The van der Waals surface area contributed by atoms with Crippen LogP contribution in [-0.4, -0.2) is 48.6 Å². The third-order valence-corrected chi connectivity index (χ3v) is 4.12. The summed E-state index contributed by atoms with van der Waals surface area (Å²) in [5.41, 5.74) is 0. The third kappa shape index (κ3) is 0.882. The molecule has 2 heteroatoms. The highest BCUT2D eigenvalue weighted by atomic mass is 15.3. The van der Waals surface area contributed by atoms with Crippen LogP contribution >= 0.6 is 0 Å². The first kappa shape index (κ1) is 7.34. The van der Waals surface area contributed by atoms with Gasteiger partial charge in [0, 0.05) is 31.7 Å². The normalized spacial score (nSPS) is 48.2. The van der Waals surface area contributed by atoms with Gasteiger partial charge < -0.3 is 4.90 Å². The summed E-state index contributed by atoms with van der Waals surface area (Å²) in [5.74, 6) is 1.05. The lowest BCUT2D eigenvalue weighted by Gasteiger charge is -2.42. The van der Waals surface area contributed by atoms with E-state index in [4.69, 9.17) is 0 Å². The molecule has 3 atom stereocenters. The SMILES string of the molecule is CN1CCN2C(C1)[C@@H]1CC[C@H]2C1. The van der Waals surface area contributed by atoms with Crippen molar-refractivity contribution in [2.75, 3.05) is 26.7 Å². The number of hydrogen-bond acceptors (Lipinski definition) is 2. The van der Waals surface area contributed by atoms with Crippen LogP contribution < -0.4 is 0 Å². The highest BCUT2D eigenvalue weighted by Crippen LogP contribution is 2.43. The first-order chi connectivity index (χ1) is 5.84. The molecule has 68 valence electrons. The van der Waals surface area contributed by atoms with Gasteiger partial charge in [-0.25, -0.2) is 0 Å². The molecule has 0 aromatic heterocycles. The standard InChI is InChI=1S/C10H18N2/c1-11-4-5-12-9-3-2-8(6-9)10(12)7-11/h8-10H,2-7H2,1H3/t8-,9+,10?/m1/s1. The fraction of sp³-hybridized carbons (Fsp3) is 1.00. The minimum absolute atomic E-state index is 0.933. The summed E-state index contributed by atoms with van der Waals surface area (Å²) in [5, 5.41) is 0. The first-order valence-electron chi connectivity index (χ1n) is 5.29. The fourth-order valence-electron chi connectivity index (χ4n) is 3.48. The van der Waals surface area contributed by atoms with E-state index in [1.165, 1.54) is 38.9 Å². The quantitative estimate of drug-likeness (QED) is 0.525. The molecule has 0 aromatic carbocycles. The van der Waals surface area contributed by atoms with Crippen molar-refractivity contribution in [1.29, 1.82) is 0 Å². The van der Waals surface area contributed by atoms with Crippen LogP contribution in [0.1, 0.15) is 19.3 Å². The van der Waals surface area contributed by atoms with Gasteiger partial charge in [-0.2, -0.15) is 0 Å². The van der Waals surface area contributed by atoms with Gasteiger partial charge in [-0.05, 0) is 32.2 Å². The van der Waals surface area contributed by atoms with E-state index in [1.807, 2.05) is 0 Å². The van der Waals surface area contributed by atoms with Gasteiger partial charge in [-0.1, -0.05) is 0 Å². The largest absolute Gasteiger partial charge is 0.304 e. The van der Waals surface area contributed by atoms with E-state index in [0.29, 0.717) is 0 Å². The van der Waals surface area contributed by atoms with Gasteiger partial charge in [-0.15, -0.1) is 0 Å². The summed E-state index contributed by atoms with van der Waals surface area (Å²) >= 11 is 0. The number of fused-ring (bicyclic) bond motifs is 5. The van der Waals surface area contributed by atoms with Crippen LogP contribution in [0, 0.1) is 5.92 Å². The second-order valence-electron chi connectivity index (χ2n) is 4.79. The zero-order valence-electron chi connectivity index (χ0n) is 7.87. The molecule has 0 N–H and O–H groups in total. The van der Waals surface area contributed by atoms with Crippen LogP contribution in [0.25, 0.3) is 0 Å². The van der Waals surface area contributed by atoms with Crippen molar-refractivity contribution >= 4 is 0 Å². The number of hydrogen-bond donors (Lipinski definition) is 0. The van der Waals surface area contributed by atoms with Gasteiger partial charge in [0.2, 0.25) is 0 Å². The summed E-state index contributed by atoms with van der Waals surface area (Å²) in [4.78, 5) is 5.29. The average molecular weight is 166 g/mol. The molecule has 0 radical (unpaired) electrons. The zero-order chi connectivity index (χ0) is 8.13. The number of rotatable bonds is 0. The molecule has 2 aliphatic heterocycles. The maximum atomic E-state index is 2.79. The Kier molecular flexibility index (Phi) is 1.50. The van der Waals surface area contributed by atoms with Gasteiger partial charge in [-0.3, -0.25) is 4.90 Å². The lowest BCUT2D eigenvalue weighted by Crippen LogP contribution is -2.54. The van der Waals surface area contributed by atoms with E-state index in [-0.39, 0.29) is 0 Å². The Morgan fingerprint density at radius 1 is 1.17 bits per heavy atom. The summed E-state index contributed by atoms with van der Waals surface area (Å²) < 4.78 is 0. The predicted octanol–water partition coefficient (Wildman–Crippen LogP) is 0.785. The van der Waals surface area contributed by atoms with Gasteiger partial charge in [0.15, 0.2) is 0 Å². The molecule has 0 spiro atoms. The number of likely N-dealkylation sites (N-methyl/N-ethyl adjacent to an activating group) is 1. The van der Waals surface area contributed by atoms with Crippen molar-refractivity contribution in [3.8, 4) is 0 Å². The number of nitrogens with zero attached hydrogens (tertiary/aromatic N) is 2. The minimum Gasteiger partial charge on any atom is -0.304 e. The molecule has 2 bridgehead atoms. The monoisotopic (exact) mass is 166 g/mol. The smallest absolute Gasteiger partial charge is 0.0255 e. The zero-order valence-corrected chi connectivity index (χ0v) is 7.87. The Bertz CT molecular complexity index is 192. The van der Waals surface area contributed by atoms with E-state index < -0.39 is 0 Å². The molecular weight excluding hydrogens is 148 g/mol. The molecule has 3 aliphatic rings. The van der Waals surface area contributed by atoms with Gasteiger partial charge in [0.05, 0.1) is 0 Å². The van der Waals surface area contributed by atoms with Crippen molar-refractivity contribution in [3.05, 3.63) is 0 Å². The fourth-order valence-corrected chi connectivity index (χ4v) is 3.48. The van der Waals surface area contributed by atoms with Crippen molar-refractivity contribution in [2.24, 2.45) is 5.92 Å². The summed E-state index contributed by atoms with van der Waals surface area (Å²) in [7, 11) is 2.27. The topological polar surface area (TPSA) is 6.48 Å². The van der Waals surface area contributed by atoms with Gasteiger partial charge in [0.1, 0.15) is 0 Å². The van der Waals surface area contributed by atoms with Crippen molar-refractivity contribution in [1.82, 2.24) is 9.80 Å². The molecular formula is C10H18N2. The molecule has 0 aromatic rings. The highest BCUT2D eigenvalue weighted by molar-refractivity contribution is 5.02. The van der Waals surface area contributed by atoms with E-state index in [0.717, 1.165) is 18.0 Å². The van der Waals surface area contributed by atoms with E-state index in [2.05, 4.69) is 16.8 Å². The maximum Gasteiger partial charge on any atom is 0.0255 e. The molecule has 1 unspecified atom stereocenters. The molecule has 3 fully saturated rings. The van der Waals surface area contributed by atoms with Crippen LogP contribution in [0.4, 0.5) is 0 Å². The second-order valence-corrected chi connectivity index (χ2v) is 4.79. The lowest BCUT2D eigenvalue weighted by atomic mass is 9.97. The summed E-state index contributed by atoms with van der Waals surface area (Å²) in [6, 6.07) is 1.91. The van der Waals surface area contributed by atoms with Crippen LogP contribution in [0.3, 0.4) is 0 Å². The average Bonchev–Trinajstić information content (AvgIpc) is 2.63. The molecule has 2 nitrogen and oxygen atoms in total. The van der Waals surface area contributed by atoms with Crippen molar-refractivity contribution < 1.29 is 0 Å². The molecule has 2 saturated heterocycles. The Labute approximate surface area is 74.5 Å². The molecule has 1 saturated carbocycles. The van der Waals surface area contributed by atoms with Crippen LogP contribution in [-0.2, 0) is 0 Å². The van der Waals surface area contributed by atoms with E-state index in [9.17, 15) is 0 Å².